The molecule has 0 saturated carbocycles. The number of anilines is 1. The van der Waals surface area contributed by atoms with Crippen LogP contribution in [-0.4, -0.2) is 30.5 Å². The third kappa shape index (κ3) is 3.25. The molecule has 0 bridgehead atoms. The monoisotopic (exact) mass is 377 g/mol. The molecule has 0 aliphatic heterocycles. The Bertz CT molecular complexity index is 1190. The molecule has 3 N–H and O–H groups in total. The highest BCUT2D eigenvalue weighted by Gasteiger charge is 2.16. The highest BCUT2D eigenvalue weighted by molar-refractivity contribution is 5.99. The molecule has 140 valence electrons. The summed E-state index contributed by atoms with van der Waals surface area (Å²) in [5, 5.41) is 11.4. The van der Waals surface area contributed by atoms with Crippen LogP contribution in [0.25, 0.3) is 17.2 Å². The zero-order chi connectivity index (χ0) is 19.7. The van der Waals surface area contributed by atoms with Crippen LogP contribution in [0.2, 0.25) is 0 Å². The number of benzene rings is 1. The lowest BCUT2D eigenvalue weighted by Gasteiger charge is -2.09. The van der Waals surface area contributed by atoms with Gasteiger partial charge in [0.05, 0.1) is 17.3 Å². The second kappa shape index (κ2) is 7.03. The largest absolute Gasteiger partial charge is 0.366 e. The Balaban J connectivity index is 1.68. The van der Waals surface area contributed by atoms with Crippen LogP contribution in [0.5, 0.6) is 0 Å². The number of carbonyl (C=O) groups is 1. The molecule has 0 saturated heterocycles. The fourth-order valence-electron chi connectivity index (χ4n) is 2.87. The van der Waals surface area contributed by atoms with Crippen LogP contribution in [0.3, 0.4) is 0 Å². The standard InChI is InChI=1S/C19H16FN7O/c1-11-17(22-9-12-4-2-5-13(20)8-12)24-18(26-25-11)19-23-10-15-14(16(21)28)6-3-7-27(15)19/h2-8,10H,9H2,1H3,(H2,21,28)(H,22,24,26). The van der Waals surface area contributed by atoms with E-state index >= 15 is 0 Å². The third-order valence-corrected chi connectivity index (χ3v) is 4.24. The van der Waals surface area contributed by atoms with Crippen LogP contribution >= 0.6 is 0 Å². The van der Waals surface area contributed by atoms with Crippen LogP contribution in [0.4, 0.5) is 10.2 Å². The van der Waals surface area contributed by atoms with Gasteiger partial charge >= 0.3 is 0 Å². The normalized spacial score (nSPS) is 10.9. The summed E-state index contributed by atoms with van der Waals surface area (Å²) in [6.07, 6.45) is 3.28. The number of aryl methyl sites for hydroxylation is 1. The maximum Gasteiger partial charge on any atom is 0.250 e. The highest BCUT2D eigenvalue weighted by Crippen LogP contribution is 2.20. The van der Waals surface area contributed by atoms with Gasteiger partial charge in [-0.25, -0.2) is 14.4 Å². The van der Waals surface area contributed by atoms with Crippen LogP contribution in [0.1, 0.15) is 21.6 Å². The minimum Gasteiger partial charge on any atom is -0.366 e. The van der Waals surface area contributed by atoms with Gasteiger partial charge < -0.3 is 11.1 Å². The van der Waals surface area contributed by atoms with E-state index in [1.807, 2.05) is 6.07 Å². The third-order valence-electron chi connectivity index (χ3n) is 4.24. The molecule has 1 aromatic carbocycles. The maximum absolute atomic E-state index is 13.4. The van der Waals surface area contributed by atoms with Crippen LogP contribution in [0.15, 0.2) is 48.8 Å². The Labute approximate surface area is 159 Å². The number of halogens is 1. The molecule has 0 spiro atoms. The summed E-state index contributed by atoms with van der Waals surface area (Å²) in [6.45, 7) is 2.15. The Morgan fingerprint density at radius 2 is 2.11 bits per heavy atom. The van der Waals surface area contributed by atoms with Crippen molar-refractivity contribution in [2.24, 2.45) is 5.73 Å². The van der Waals surface area contributed by atoms with Crippen molar-refractivity contribution in [3.8, 4) is 11.6 Å². The summed E-state index contributed by atoms with van der Waals surface area (Å²) in [5.41, 5.74) is 7.70. The second-order valence-corrected chi connectivity index (χ2v) is 6.18. The molecule has 0 unspecified atom stereocenters. The van der Waals surface area contributed by atoms with E-state index in [1.54, 1.807) is 41.9 Å². The summed E-state index contributed by atoms with van der Waals surface area (Å²) in [5.74, 6) is 0.384. The topological polar surface area (TPSA) is 111 Å². The Morgan fingerprint density at radius 3 is 2.89 bits per heavy atom. The van der Waals surface area contributed by atoms with E-state index in [0.29, 0.717) is 35.0 Å². The summed E-state index contributed by atoms with van der Waals surface area (Å²) < 4.78 is 15.0. The van der Waals surface area contributed by atoms with Gasteiger partial charge in [0.15, 0.2) is 11.6 Å². The van der Waals surface area contributed by atoms with Crippen molar-refractivity contribution in [3.63, 3.8) is 0 Å². The minimum atomic E-state index is -0.544. The Hall–Kier alpha value is -3.88. The number of aromatic nitrogens is 5. The molecular formula is C19H16FN7O. The molecule has 9 heteroatoms. The zero-order valence-corrected chi connectivity index (χ0v) is 14.9. The van der Waals surface area contributed by atoms with Crippen LogP contribution < -0.4 is 11.1 Å². The van der Waals surface area contributed by atoms with Gasteiger partial charge in [0.1, 0.15) is 11.5 Å². The van der Waals surface area contributed by atoms with Crippen molar-refractivity contribution in [1.29, 1.82) is 0 Å². The number of nitrogens with one attached hydrogen (secondary N) is 1. The van der Waals surface area contributed by atoms with Gasteiger partial charge in [-0.3, -0.25) is 9.20 Å². The first kappa shape index (κ1) is 17.5. The molecule has 3 aromatic heterocycles. The van der Waals surface area contributed by atoms with Crippen molar-refractivity contribution in [2.45, 2.75) is 13.5 Å². The second-order valence-electron chi connectivity index (χ2n) is 6.18. The highest BCUT2D eigenvalue weighted by atomic mass is 19.1. The smallest absolute Gasteiger partial charge is 0.250 e. The van der Waals surface area contributed by atoms with Gasteiger partial charge in [0, 0.05) is 12.7 Å². The maximum atomic E-state index is 13.4. The SMILES string of the molecule is Cc1nnc(-c2ncc3c(C(N)=O)cccn23)nc1NCc1cccc(F)c1. The molecule has 3 heterocycles. The molecule has 4 aromatic rings. The molecule has 0 radical (unpaired) electrons. The summed E-state index contributed by atoms with van der Waals surface area (Å²) in [7, 11) is 0. The summed E-state index contributed by atoms with van der Waals surface area (Å²) in [4.78, 5) is 20.4. The number of fused-ring (bicyclic) bond motifs is 1. The number of nitrogens with zero attached hydrogens (tertiary/aromatic N) is 5. The molecule has 0 fully saturated rings. The average Bonchev–Trinajstić information content (AvgIpc) is 3.11. The fourth-order valence-corrected chi connectivity index (χ4v) is 2.87. The zero-order valence-electron chi connectivity index (χ0n) is 14.9. The molecular weight excluding hydrogens is 361 g/mol. The molecule has 4 rings (SSSR count). The van der Waals surface area contributed by atoms with E-state index in [0.717, 1.165) is 5.56 Å². The van der Waals surface area contributed by atoms with E-state index in [2.05, 4.69) is 25.5 Å². The Morgan fingerprint density at radius 1 is 1.25 bits per heavy atom. The predicted molar refractivity (Wildman–Crippen MR) is 101 cm³/mol. The number of rotatable bonds is 5. The Kier molecular flexibility index (Phi) is 4.40. The van der Waals surface area contributed by atoms with E-state index < -0.39 is 5.91 Å². The lowest BCUT2D eigenvalue weighted by molar-refractivity contribution is 0.100. The van der Waals surface area contributed by atoms with E-state index in [1.165, 1.54) is 12.1 Å². The number of nitrogens with two attached hydrogens (primary N) is 1. The van der Waals surface area contributed by atoms with Crippen LogP contribution in [-0.2, 0) is 6.54 Å². The van der Waals surface area contributed by atoms with E-state index in [-0.39, 0.29) is 11.6 Å². The van der Waals surface area contributed by atoms with E-state index in [9.17, 15) is 9.18 Å². The van der Waals surface area contributed by atoms with Crippen molar-refractivity contribution in [1.82, 2.24) is 24.6 Å². The van der Waals surface area contributed by atoms with Gasteiger partial charge in [-0.15, -0.1) is 10.2 Å². The van der Waals surface area contributed by atoms with Gasteiger partial charge in [-0.05, 0) is 36.8 Å². The van der Waals surface area contributed by atoms with Crippen molar-refractivity contribution < 1.29 is 9.18 Å². The molecule has 0 aliphatic rings. The minimum absolute atomic E-state index is 0.286. The summed E-state index contributed by atoms with van der Waals surface area (Å²) in [6, 6.07) is 9.63. The number of primary amides is 1. The number of hydrogen-bond donors (Lipinski definition) is 2. The molecule has 28 heavy (non-hydrogen) atoms. The first-order valence-corrected chi connectivity index (χ1v) is 8.49. The van der Waals surface area contributed by atoms with Gasteiger partial charge in [-0.2, -0.15) is 0 Å². The van der Waals surface area contributed by atoms with Crippen molar-refractivity contribution in [3.05, 3.63) is 71.4 Å². The lowest BCUT2D eigenvalue weighted by Crippen LogP contribution is -2.12. The van der Waals surface area contributed by atoms with Crippen molar-refractivity contribution in [2.75, 3.05) is 5.32 Å². The first-order valence-electron chi connectivity index (χ1n) is 8.49. The molecule has 1 amide bonds. The molecule has 8 nitrogen and oxygen atoms in total. The number of carbonyl (C=O) groups excluding carboxylic acids is 1. The quantitative estimate of drug-likeness (QED) is 0.552. The fraction of sp³-hybridized carbons (Fsp3) is 0.105. The predicted octanol–water partition coefficient (Wildman–Crippen LogP) is 2.34. The number of pyridine rings is 1. The lowest BCUT2D eigenvalue weighted by atomic mass is 10.2. The van der Waals surface area contributed by atoms with E-state index in [4.69, 9.17) is 5.73 Å². The summed E-state index contributed by atoms with van der Waals surface area (Å²) >= 11 is 0. The number of imidazole rings is 1. The molecule has 0 atom stereocenters. The first-order chi connectivity index (χ1) is 13.5. The molecule has 0 aliphatic carbocycles. The van der Waals surface area contributed by atoms with Crippen LogP contribution in [0, 0.1) is 12.7 Å². The van der Waals surface area contributed by atoms with Crippen molar-refractivity contribution >= 4 is 17.2 Å². The number of amides is 1. The van der Waals surface area contributed by atoms with Gasteiger partial charge in [0.2, 0.25) is 5.82 Å². The number of hydrogen-bond acceptors (Lipinski definition) is 6. The van der Waals surface area contributed by atoms with Gasteiger partial charge in [-0.1, -0.05) is 12.1 Å². The average molecular weight is 377 g/mol. The van der Waals surface area contributed by atoms with Gasteiger partial charge in [0.25, 0.3) is 5.91 Å².